The molecule has 1 heterocycles. The molecule has 2 unspecified atom stereocenters. The Morgan fingerprint density at radius 3 is 2.82 bits per heavy atom. The SMILES string of the molecule is C=CCC1(O)CCCN(C)C1c1ccccc1. The first-order valence-electron chi connectivity index (χ1n) is 6.26. The standard InChI is InChI=1S/C15H21NO/c1-3-10-15(17)11-7-12-16(2)14(15)13-8-5-4-6-9-13/h3-6,8-9,14,17H,1,7,10-12H2,2H3. The summed E-state index contributed by atoms with van der Waals surface area (Å²) in [6.07, 6.45) is 4.37. The smallest absolute Gasteiger partial charge is 0.0878 e. The molecule has 2 atom stereocenters. The van der Waals surface area contributed by atoms with Gasteiger partial charge in [-0.1, -0.05) is 36.4 Å². The highest BCUT2D eigenvalue weighted by molar-refractivity contribution is 5.23. The first-order chi connectivity index (χ1) is 8.17. The lowest BCUT2D eigenvalue weighted by molar-refractivity contribution is -0.0723. The summed E-state index contributed by atoms with van der Waals surface area (Å²) < 4.78 is 0. The van der Waals surface area contributed by atoms with Crippen LogP contribution < -0.4 is 0 Å². The van der Waals surface area contributed by atoms with Crippen LogP contribution in [0.25, 0.3) is 0 Å². The average molecular weight is 231 g/mol. The van der Waals surface area contributed by atoms with Crippen molar-refractivity contribution in [3.05, 3.63) is 48.6 Å². The Bertz CT molecular complexity index is 376. The topological polar surface area (TPSA) is 23.5 Å². The van der Waals surface area contributed by atoms with Crippen molar-refractivity contribution in [3.63, 3.8) is 0 Å². The number of nitrogens with zero attached hydrogens (tertiary/aromatic N) is 1. The van der Waals surface area contributed by atoms with Gasteiger partial charge in [-0.25, -0.2) is 0 Å². The molecule has 1 saturated heterocycles. The second-order valence-corrected chi connectivity index (χ2v) is 4.99. The number of likely N-dealkylation sites (N-methyl/N-ethyl adjacent to an activating group) is 1. The van der Waals surface area contributed by atoms with Crippen molar-refractivity contribution < 1.29 is 5.11 Å². The fourth-order valence-corrected chi connectivity index (χ4v) is 2.97. The van der Waals surface area contributed by atoms with Crippen LogP contribution in [0.4, 0.5) is 0 Å². The largest absolute Gasteiger partial charge is 0.388 e. The second-order valence-electron chi connectivity index (χ2n) is 4.99. The molecule has 0 spiro atoms. The number of piperidine rings is 1. The molecule has 1 aromatic carbocycles. The summed E-state index contributed by atoms with van der Waals surface area (Å²) in [6, 6.07) is 10.4. The Balaban J connectivity index is 2.34. The summed E-state index contributed by atoms with van der Waals surface area (Å²) in [5.41, 5.74) is 0.523. The molecule has 1 N–H and O–H groups in total. The molecule has 2 rings (SSSR count). The van der Waals surface area contributed by atoms with Crippen LogP contribution in [0.3, 0.4) is 0 Å². The third kappa shape index (κ3) is 2.43. The summed E-state index contributed by atoms with van der Waals surface area (Å²) in [5, 5.41) is 10.8. The summed E-state index contributed by atoms with van der Waals surface area (Å²) in [5.74, 6) is 0. The Morgan fingerprint density at radius 1 is 1.47 bits per heavy atom. The van der Waals surface area contributed by atoms with Crippen molar-refractivity contribution in [2.75, 3.05) is 13.6 Å². The van der Waals surface area contributed by atoms with Gasteiger partial charge in [-0.3, -0.25) is 4.90 Å². The molecule has 1 aliphatic heterocycles. The third-order valence-electron chi connectivity index (χ3n) is 3.68. The maximum Gasteiger partial charge on any atom is 0.0878 e. The highest BCUT2D eigenvalue weighted by atomic mass is 16.3. The van der Waals surface area contributed by atoms with Gasteiger partial charge in [-0.15, -0.1) is 6.58 Å². The predicted octanol–water partition coefficient (Wildman–Crippen LogP) is 2.76. The minimum absolute atomic E-state index is 0.0791. The van der Waals surface area contributed by atoms with Gasteiger partial charge in [-0.05, 0) is 38.4 Å². The number of rotatable bonds is 3. The summed E-state index contributed by atoms with van der Waals surface area (Å²) in [4.78, 5) is 2.25. The minimum Gasteiger partial charge on any atom is -0.388 e. The van der Waals surface area contributed by atoms with Crippen LogP contribution in [-0.2, 0) is 0 Å². The van der Waals surface area contributed by atoms with Crippen LogP contribution in [0.1, 0.15) is 30.9 Å². The van der Waals surface area contributed by atoms with E-state index in [0.29, 0.717) is 6.42 Å². The molecule has 0 saturated carbocycles. The molecule has 0 radical (unpaired) electrons. The van der Waals surface area contributed by atoms with Gasteiger partial charge in [0.2, 0.25) is 0 Å². The van der Waals surface area contributed by atoms with Gasteiger partial charge in [0.15, 0.2) is 0 Å². The average Bonchev–Trinajstić information content (AvgIpc) is 2.30. The Kier molecular flexibility index (Phi) is 3.65. The van der Waals surface area contributed by atoms with E-state index in [1.54, 1.807) is 0 Å². The fourth-order valence-electron chi connectivity index (χ4n) is 2.97. The Morgan fingerprint density at radius 2 is 2.18 bits per heavy atom. The van der Waals surface area contributed by atoms with Gasteiger partial charge >= 0.3 is 0 Å². The number of hydrogen-bond acceptors (Lipinski definition) is 2. The van der Waals surface area contributed by atoms with Crippen molar-refractivity contribution in [1.82, 2.24) is 4.90 Å². The number of likely N-dealkylation sites (tertiary alicyclic amines) is 1. The normalized spacial score (nSPS) is 30.1. The molecule has 2 heteroatoms. The molecule has 0 aliphatic carbocycles. The van der Waals surface area contributed by atoms with E-state index < -0.39 is 5.60 Å². The molecule has 92 valence electrons. The molecular weight excluding hydrogens is 210 g/mol. The van der Waals surface area contributed by atoms with Crippen LogP contribution >= 0.6 is 0 Å². The molecule has 2 nitrogen and oxygen atoms in total. The quantitative estimate of drug-likeness (QED) is 0.809. The zero-order valence-electron chi connectivity index (χ0n) is 10.5. The van der Waals surface area contributed by atoms with E-state index in [9.17, 15) is 5.11 Å². The maximum atomic E-state index is 10.8. The number of aliphatic hydroxyl groups is 1. The first-order valence-corrected chi connectivity index (χ1v) is 6.26. The second kappa shape index (κ2) is 5.03. The summed E-state index contributed by atoms with van der Waals surface area (Å²) >= 11 is 0. The monoisotopic (exact) mass is 231 g/mol. The van der Waals surface area contributed by atoms with E-state index in [1.165, 1.54) is 5.56 Å². The van der Waals surface area contributed by atoms with Crippen molar-refractivity contribution in [2.24, 2.45) is 0 Å². The van der Waals surface area contributed by atoms with Crippen LogP contribution in [-0.4, -0.2) is 29.2 Å². The molecule has 0 amide bonds. The van der Waals surface area contributed by atoms with Crippen molar-refractivity contribution in [3.8, 4) is 0 Å². The molecule has 1 fully saturated rings. The van der Waals surface area contributed by atoms with Crippen LogP contribution in [0, 0.1) is 0 Å². The van der Waals surface area contributed by atoms with Gasteiger partial charge in [0, 0.05) is 0 Å². The van der Waals surface area contributed by atoms with E-state index in [0.717, 1.165) is 19.4 Å². The van der Waals surface area contributed by atoms with Gasteiger partial charge < -0.3 is 5.11 Å². The lowest BCUT2D eigenvalue weighted by Gasteiger charge is -2.45. The third-order valence-corrected chi connectivity index (χ3v) is 3.68. The highest BCUT2D eigenvalue weighted by Crippen LogP contribution is 2.40. The number of benzene rings is 1. The van der Waals surface area contributed by atoms with Crippen molar-refractivity contribution >= 4 is 0 Å². The van der Waals surface area contributed by atoms with E-state index in [-0.39, 0.29) is 6.04 Å². The zero-order valence-corrected chi connectivity index (χ0v) is 10.5. The van der Waals surface area contributed by atoms with Crippen molar-refractivity contribution in [2.45, 2.75) is 30.9 Å². The van der Waals surface area contributed by atoms with E-state index in [1.807, 2.05) is 24.3 Å². The molecular formula is C15H21NO. The molecule has 0 aromatic heterocycles. The van der Waals surface area contributed by atoms with E-state index >= 15 is 0 Å². The Hall–Kier alpha value is -1.12. The Labute approximate surface area is 104 Å². The van der Waals surface area contributed by atoms with Gasteiger partial charge in [-0.2, -0.15) is 0 Å². The zero-order chi connectivity index (χ0) is 12.3. The summed E-state index contributed by atoms with van der Waals surface area (Å²) in [7, 11) is 2.09. The first kappa shape index (κ1) is 12.3. The van der Waals surface area contributed by atoms with Crippen LogP contribution in [0.2, 0.25) is 0 Å². The summed E-state index contributed by atoms with van der Waals surface area (Å²) in [6.45, 7) is 4.82. The minimum atomic E-state index is -0.671. The molecule has 17 heavy (non-hydrogen) atoms. The molecule has 1 aromatic rings. The number of hydrogen-bond donors (Lipinski definition) is 1. The lowest BCUT2D eigenvalue weighted by atomic mass is 9.78. The van der Waals surface area contributed by atoms with Gasteiger partial charge in [0.25, 0.3) is 0 Å². The van der Waals surface area contributed by atoms with E-state index in [2.05, 4.69) is 30.7 Å². The van der Waals surface area contributed by atoms with Gasteiger partial charge in [0.05, 0.1) is 11.6 Å². The van der Waals surface area contributed by atoms with Crippen molar-refractivity contribution in [1.29, 1.82) is 0 Å². The lowest BCUT2D eigenvalue weighted by Crippen LogP contribution is -2.49. The molecule has 1 aliphatic rings. The highest BCUT2D eigenvalue weighted by Gasteiger charge is 2.41. The maximum absolute atomic E-state index is 10.8. The molecule has 0 bridgehead atoms. The van der Waals surface area contributed by atoms with Gasteiger partial charge in [0.1, 0.15) is 0 Å². The fraction of sp³-hybridized carbons (Fsp3) is 0.467. The van der Waals surface area contributed by atoms with Crippen LogP contribution in [0.15, 0.2) is 43.0 Å². The van der Waals surface area contributed by atoms with Crippen LogP contribution in [0.5, 0.6) is 0 Å². The van der Waals surface area contributed by atoms with E-state index in [4.69, 9.17) is 0 Å². The predicted molar refractivity (Wildman–Crippen MR) is 70.8 cm³/mol.